The van der Waals surface area contributed by atoms with Gasteiger partial charge in [-0.2, -0.15) is 0 Å². The molecule has 1 rings (SSSR count). The first-order valence-corrected chi connectivity index (χ1v) is 7.30. The number of likely N-dealkylation sites (N-methyl/N-ethyl adjacent to an activating group) is 1. The fourth-order valence-corrected chi connectivity index (χ4v) is 1.85. The molecule has 1 N–H and O–H groups in total. The van der Waals surface area contributed by atoms with Crippen LogP contribution in [0.4, 0.5) is 17.1 Å². The molecule has 21 heavy (non-hydrogen) atoms. The Morgan fingerprint density at radius 3 is 2.67 bits per heavy atom. The molecule has 0 unspecified atom stereocenters. The first-order chi connectivity index (χ1) is 9.93. The van der Waals surface area contributed by atoms with Gasteiger partial charge in [-0.25, -0.2) is 0 Å². The molecule has 0 saturated carbocycles. The van der Waals surface area contributed by atoms with Crippen LogP contribution in [0.3, 0.4) is 0 Å². The molecule has 0 aliphatic rings. The first kappa shape index (κ1) is 17.2. The summed E-state index contributed by atoms with van der Waals surface area (Å²) >= 11 is 0. The lowest BCUT2D eigenvalue weighted by Crippen LogP contribution is -2.24. The molecular formula is C15H25N3O3. The molecule has 6 heteroatoms. The van der Waals surface area contributed by atoms with Gasteiger partial charge in [-0.1, -0.05) is 6.92 Å². The number of anilines is 2. The van der Waals surface area contributed by atoms with Crippen LogP contribution in [0.15, 0.2) is 18.2 Å². The lowest BCUT2D eigenvalue weighted by Gasteiger charge is -2.21. The molecule has 0 fully saturated rings. The summed E-state index contributed by atoms with van der Waals surface area (Å²) in [7, 11) is 1.91. The van der Waals surface area contributed by atoms with Crippen molar-refractivity contribution >= 4 is 17.1 Å². The van der Waals surface area contributed by atoms with Crippen LogP contribution in [-0.4, -0.2) is 37.8 Å². The van der Waals surface area contributed by atoms with E-state index < -0.39 is 0 Å². The van der Waals surface area contributed by atoms with Crippen LogP contribution in [-0.2, 0) is 4.74 Å². The van der Waals surface area contributed by atoms with E-state index in [2.05, 4.69) is 12.2 Å². The molecular weight excluding hydrogens is 270 g/mol. The molecule has 6 nitrogen and oxygen atoms in total. The Morgan fingerprint density at radius 2 is 2.10 bits per heavy atom. The van der Waals surface area contributed by atoms with Crippen molar-refractivity contribution in [2.75, 3.05) is 37.0 Å². The predicted octanol–water partition coefficient (Wildman–Crippen LogP) is 3.28. The minimum atomic E-state index is -0.362. The summed E-state index contributed by atoms with van der Waals surface area (Å²) in [5.41, 5.74) is 1.69. The van der Waals surface area contributed by atoms with Crippen LogP contribution in [0, 0.1) is 10.1 Å². The molecule has 1 aromatic carbocycles. The average molecular weight is 295 g/mol. The number of nitro groups is 1. The lowest BCUT2D eigenvalue weighted by molar-refractivity contribution is -0.384. The Bertz CT molecular complexity index is 463. The Morgan fingerprint density at radius 1 is 1.38 bits per heavy atom. The van der Waals surface area contributed by atoms with Crippen LogP contribution < -0.4 is 10.2 Å². The Balaban J connectivity index is 2.83. The molecule has 0 amide bonds. The molecule has 0 radical (unpaired) electrons. The maximum atomic E-state index is 11.0. The van der Waals surface area contributed by atoms with E-state index in [9.17, 15) is 10.1 Å². The second-order valence-electron chi connectivity index (χ2n) is 5.26. The van der Waals surface area contributed by atoms with E-state index in [1.165, 1.54) is 0 Å². The van der Waals surface area contributed by atoms with Gasteiger partial charge in [0.1, 0.15) is 0 Å². The van der Waals surface area contributed by atoms with Crippen molar-refractivity contribution in [3.63, 3.8) is 0 Å². The van der Waals surface area contributed by atoms with Gasteiger partial charge in [0.25, 0.3) is 5.69 Å². The van der Waals surface area contributed by atoms with Crippen LogP contribution in [0.25, 0.3) is 0 Å². The zero-order valence-electron chi connectivity index (χ0n) is 13.3. The van der Waals surface area contributed by atoms with E-state index in [-0.39, 0.29) is 16.7 Å². The monoisotopic (exact) mass is 295 g/mol. The van der Waals surface area contributed by atoms with E-state index in [4.69, 9.17) is 4.74 Å². The quantitative estimate of drug-likeness (QED) is 0.559. The third kappa shape index (κ3) is 5.99. The van der Waals surface area contributed by atoms with Crippen molar-refractivity contribution < 1.29 is 9.66 Å². The largest absolute Gasteiger partial charge is 0.385 e. The number of nitro benzene ring substituents is 1. The predicted molar refractivity (Wildman–Crippen MR) is 86.2 cm³/mol. The van der Waals surface area contributed by atoms with E-state index in [1.54, 1.807) is 12.1 Å². The summed E-state index contributed by atoms with van der Waals surface area (Å²) in [5.74, 6) is 0. The highest BCUT2D eigenvalue weighted by atomic mass is 16.6. The Hall–Kier alpha value is -1.82. The lowest BCUT2D eigenvalue weighted by atomic mass is 10.2. The van der Waals surface area contributed by atoms with Gasteiger partial charge in [0.15, 0.2) is 0 Å². The number of nitrogens with zero attached hydrogens (tertiary/aromatic N) is 2. The van der Waals surface area contributed by atoms with Crippen LogP contribution >= 0.6 is 0 Å². The second kappa shape index (κ2) is 8.46. The third-order valence-electron chi connectivity index (χ3n) is 3.01. The Labute approximate surface area is 126 Å². The van der Waals surface area contributed by atoms with Crippen LogP contribution in [0.1, 0.15) is 27.2 Å². The van der Waals surface area contributed by atoms with Gasteiger partial charge in [0.2, 0.25) is 0 Å². The minimum Gasteiger partial charge on any atom is -0.385 e. The molecule has 1 aromatic rings. The van der Waals surface area contributed by atoms with Crippen LogP contribution in [0.5, 0.6) is 0 Å². The number of hydrogen-bond acceptors (Lipinski definition) is 5. The number of hydrogen-bond donors (Lipinski definition) is 1. The third-order valence-corrected chi connectivity index (χ3v) is 3.01. The zero-order valence-corrected chi connectivity index (χ0v) is 13.3. The van der Waals surface area contributed by atoms with Crippen molar-refractivity contribution in [1.29, 1.82) is 0 Å². The molecule has 0 aromatic heterocycles. The van der Waals surface area contributed by atoms with Crippen molar-refractivity contribution in [3.8, 4) is 0 Å². The molecule has 118 valence electrons. The first-order valence-electron chi connectivity index (χ1n) is 7.30. The van der Waals surface area contributed by atoms with Gasteiger partial charge >= 0.3 is 0 Å². The molecule has 0 atom stereocenters. The molecule has 0 heterocycles. The summed E-state index contributed by atoms with van der Waals surface area (Å²) in [6, 6.07) is 5.09. The summed E-state index contributed by atoms with van der Waals surface area (Å²) in [6.45, 7) is 8.10. The summed E-state index contributed by atoms with van der Waals surface area (Å²) in [6.07, 6.45) is 1.15. The standard InChI is InChI=1S/C15H25N3O3/c1-5-6-16-13-9-14(11-15(10-13)18(19)20)17(4)7-8-21-12(2)3/h9-12,16H,5-8H2,1-4H3. The highest BCUT2D eigenvalue weighted by Gasteiger charge is 2.12. The summed E-state index contributed by atoms with van der Waals surface area (Å²) < 4.78 is 5.52. The smallest absolute Gasteiger partial charge is 0.273 e. The van der Waals surface area contributed by atoms with Crippen LogP contribution in [0.2, 0.25) is 0 Å². The SMILES string of the molecule is CCCNc1cc(N(C)CCOC(C)C)cc([N+](=O)[O-])c1. The van der Waals surface area contributed by atoms with Gasteiger partial charge in [-0.15, -0.1) is 0 Å². The van der Waals surface area contributed by atoms with Crippen molar-refractivity contribution in [2.24, 2.45) is 0 Å². The van der Waals surface area contributed by atoms with Gasteiger partial charge < -0.3 is 15.0 Å². The summed E-state index contributed by atoms with van der Waals surface area (Å²) in [4.78, 5) is 12.6. The maximum Gasteiger partial charge on any atom is 0.273 e. The van der Waals surface area contributed by atoms with Crippen molar-refractivity contribution in [3.05, 3.63) is 28.3 Å². The van der Waals surface area contributed by atoms with E-state index in [0.29, 0.717) is 13.2 Å². The molecule has 0 saturated heterocycles. The van der Waals surface area contributed by atoms with Gasteiger partial charge in [-0.05, 0) is 26.3 Å². The number of benzene rings is 1. The number of rotatable bonds is 9. The second-order valence-corrected chi connectivity index (χ2v) is 5.26. The number of nitrogens with one attached hydrogen (secondary N) is 1. The van der Waals surface area contributed by atoms with E-state index >= 15 is 0 Å². The fourth-order valence-electron chi connectivity index (χ4n) is 1.85. The topological polar surface area (TPSA) is 67.6 Å². The summed E-state index contributed by atoms with van der Waals surface area (Å²) in [5, 5.41) is 14.2. The minimum absolute atomic E-state index is 0.0998. The average Bonchev–Trinajstić information content (AvgIpc) is 2.44. The molecule has 0 spiro atoms. The van der Waals surface area contributed by atoms with Gasteiger partial charge in [-0.3, -0.25) is 10.1 Å². The highest BCUT2D eigenvalue weighted by molar-refractivity contribution is 5.64. The highest BCUT2D eigenvalue weighted by Crippen LogP contribution is 2.26. The Kier molecular flexibility index (Phi) is 6.94. The van der Waals surface area contributed by atoms with Crippen molar-refractivity contribution in [2.45, 2.75) is 33.3 Å². The van der Waals surface area contributed by atoms with Gasteiger partial charge in [0, 0.05) is 43.6 Å². The maximum absolute atomic E-state index is 11.0. The molecule has 0 bridgehead atoms. The van der Waals surface area contributed by atoms with Crippen molar-refractivity contribution in [1.82, 2.24) is 0 Å². The van der Waals surface area contributed by atoms with E-state index in [0.717, 1.165) is 24.3 Å². The zero-order chi connectivity index (χ0) is 15.8. The van der Waals surface area contributed by atoms with Gasteiger partial charge in [0.05, 0.1) is 17.6 Å². The number of non-ortho nitro benzene ring substituents is 1. The normalized spacial score (nSPS) is 10.7. The molecule has 0 aliphatic carbocycles. The number of ether oxygens (including phenoxy) is 1. The molecule has 0 aliphatic heterocycles. The fraction of sp³-hybridized carbons (Fsp3) is 0.600. The van der Waals surface area contributed by atoms with E-state index in [1.807, 2.05) is 31.9 Å².